The SMILES string of the molecule is C=C1C(=O)OC2C1CCC(C)=C(CCC(=O)OCC)C2(C)O. The second kappa shape index (κ2) is 6.24. The van der Waals surface area contributed by atoms with Crippen molar-refractivity contribution in [2.24, 2.45) is 5.92 Å². The summed E-state index contributed by atoms with van der Waals surface area (Å²) in [5.74, 6) is -0.885. The molecule has 1 fully saturated rings. The van der Waals surface area contributed by atoms with E-state index < -0.39 is 17.7 Å². The lowest BCUT2D eigenvalue weighted by Crippen LogP contribution is -2.44. The van der Waals surface area contributed by atoms with Gasteiger partial charge < -0.3 is 14.6 Å². The van der Waals surface area contributed by atoms with Crippen LogP contribution in [0, 0.1) is 5.92 Å². The van der Waals surface area contributed by atoms with Crippen molar-refractivity contribution in [1.29, 1.82) is 0 Å². The van der Waals surface area contributed by atoms with Gasteiger partial charge in [0.05, 0.1) is 6.61 Å². The van der Waals surface area contributed by atoms with Crippen LogP contribution in [0.5, 0.6) is 0 Å². The van der Waals surface area contributed by atoms with Crippen molar-refractivity contribution < 1.29 is 24.2 Å². The Hall–Kier alpha value is -1.62. The molecule has 2 rings (SSSR count). The monoisotopic (exact) mass is 308 g/mol. The van der Waals surface area contributed by atoms with Crippen LogP contribution in [0.15, 0.2) is 23.3 Å². The summed E-state index contributed by atoms with van der Waals surface area (Å²) < 4.78 is 10.3. The van der Waals surface area contributed by atoms with Crippen molar-refractivity contribution in [3.05, 3.63) is 23.3 Å². The number of carbonyl (C=O) groups excluding carboxylic acids is 2. The Bertz CT molecular complexity index is 529. The minimum absolute atomic E-state index is 0.169. The molecule has 0 spiro atoms. The molecule has 22 heavy (non-hydrogen) atoms. The van der Waals surface area contributed by atoms with Gasteiger partial charge >= 0.3 is 11.9 Å². The molecule has 1 saturated heterocycles. The minimum atomic E-state index is -1.28. The van der Waals surface area contributed by atoms with Gasteiger partial charge in [-0.15, -0.1) is 0 Å². The predicted octanol–water partition coefficient (Wildman–Crippen LogP) is 2.29. The van der Waals surface area contributed by atoms with E-state index in [9.17, 15) is 14.7 Å². The van der Waals surface area contributed by atoms with Crippen LogP contribution in [-0.2, 0) is 19.1 Å². The molecule has 0 bridgehead atoms. The lowest BCUT2D eigenvalue weighted by atomic mass is 9.80. The lowest BCUT2D eigenvalue weighted by Gasteiger charge is -2.33. The first-order valence-electron chi connectivity index (χ1n) is 7.75. The van der Waals surface area contributed by atoms with E-state index in [2.05, 4.69) is 6.58 Å². The second-order valence-electron chi connectivity index (χ2n) is 6.21. The highest BCUT2D eigenvalue weighted by Gasteiger charge is 2.51. The maximum atomic E-state index is 11.8. The number of aliphatic hydroxyl groups is 1. The van der Waals surface area contributed by atoms with Crippen molar-refractivity contribution in [3.63, 3.8) is 0 Å². The Morgan fingerprint density at radius 1 is 1.55 bits per heavy atom. The maximum absolute atomic E-state index is 11.8. The maximum Gasteiger partial charge on any atom is 0.334 e. The van der Waals surface area contributed by atoms with Crippen LogP contribution in [0.2, 0.25) is 0 Å². The molecule has 0 aromatic carbocycles. The molecule has 0 aromatic rings. The summed E-state index contributed by atoms with van der Waals surface area (Å²) in [6.45, 7) is 9.52. The first kappa shape index (κ1) is 16.7. The Morgan fingerprint density at radius 3 is 2.86 bits per heavy atom. The van der Waals surface area contributed by atoms with Gasteiger partial charge in [0.2, 0.25) is 0 Å². The van der Waals surface area contributed by atoms with Crippen LogP contribution in [0.25, 0.3) is 0 Å². The Morgan fingerprint density at radius 2 is 2.23 bits per heavy atom. The summed E-state index contributed by atoms with van der Waals surface area (Å²) in [5, 5.41) is 11.0. The van der Waals surface area contributed by atoms with Gasteiger partial charge in [-0.2, -0.15) is 0 Å². The molecule has 0 amide bonds. The molecular formula is C17H24O5. The van der Waals surface area contributed by atoms with Crippen molar-refractivity contribution in [2.45, 2.75) is 58.2 Å². The van der Waals surface area contributed by atoms with Gasteiger partial charge in [-0.25, -0.2) is 4.79 Å². The molecule has 3 unspecified atom stereocenters. The smallest absolute Gasteiger partial charge is 0.334 e. The first-order chi connectivity index (χ1) is 10.3. The molecule has 1 aliphatic heterocycles. The molecule has 1 aliphatic carbocycles. The zero-order valence-corrected chi connectivity index (χ0v) is 13.5. The van der Waals surface area contributed by atoms with Gasteiger partial charge in [-0.05, 0) is 45.6 Å². The molecule has 122 valence electrons. The van der Waals surface area contributed by atoms with E-state index in [1.54, 1.807) is 13.8 Å². The van der Waals surface area contributed by atoms with Gasteiger partial charge in [-0.1, -0.05) is 12.2 Å². The highest BCUT2D eigenvalue weighted by atomic mass is 16.6. The average molecular weight is 308 g/mol. The topological polar surface area (TPSA) is 72.8 Å². The van der Waals surface area contributed by atoms with E-state index in [-0.39, 0.29) is 18.3 Å². The van der Waals surface area contributed by atoms with E-state index in [1.807, 2.05) is 6.92 Å². The summed E-state index contributed by atoms with van der Waals surface area (Å²) >= 11 is 0. The van der Waals surface area contributed by atoms with Crippen LogP contribution < -0.4 is 0 Å². The molecule has 3 atom stereocenters. The van der Waals surface area contributed by atoms with E-state index in [4.69, 9.17) is 9.47 Å². The summed E-state index contributed by atoms with van der Waals surface area (Å²) in [5.41, 5.74) is 0.972. The Labute approximate surface area is 131 Å². The normalized spacial score (nSPS) is 31.6. The average Bonchev–Trinajstić information content (AvgIpc) is 2.68. The molecule has 5 nitrogen and oxygen atoms in total. The van der Waals surface area contributed by atoms with Crippen molar-refractivity contribution in [2.75, 3.05) is 6.61 Å². The fourth-order valence-corrected chi connectivity index (χ4v) is 3.49. The van der Waals surface area contributed by atoms with E-state index in [1.165, 1.54) is 0 Å². The van der Waals surface area contributed by atoms with Crippen LogP contribution in [0.1, 0.15) is 46.5 Å². The molecule has 0 aromatic heterocycles. The summed E-state index contributed by atoms with van der Waals surface area (Å²) in [7, 11) is 0. The van der Waals surface area contributed by atoms with Crippen LogP contribution in [-0.4, -0.2) is 35.4 Å². The lowest BCUT2D eigenvalue weighted by molar-refractivity contribution is -0.149. The van der Waals surface area contributed by atoms with Gasteiger partial charge in [-0.3, -0.25) is 4.79 Å². The van der Waals surface area contributed by atoms with Crippen molar-refractivity contribution >= 4 is 11.9 Å². The Kier molecular flexibility index (Phi) is 4.75. The van der Waals surface area contributed by atoms with Gasteiger partial charge in [0, 0.05) is 17.9 Å². The molecule has 0 saturated carbocycles. The molecular weight excluding hydrogens is 284 g/mol. The summed E-state index contributed by atoms with van der Waals surface area (Å²) in [6.07, 6.45) is 1.47. The van der Waals surface area contributed by atoms with Crippen LogP contribution in [0.4, 0.5) is 0 Å². The fourth-order valence-electron chi connectivity index (χ4n) is 3.49. The fraction of sp³-hybridized carbons (Fsp3) is 0.647. The third kappa shape index (κ3) is 2.95. The largest absolute Gasteiger partial charge is 0.466 e. The van der Waals surface area contributed by atoms with Crippen molar-refractivity contribution in [1.82, 2.24) is 0 Å². The molecule has 1 heterocycles. The summed E-state index contributed by atoms with van der Waals surface area (Å²) in [4.78, 5) is 23.4. The van der Waals surface area contributed by atoms with Gasteiger partial charge in [0.1, 0.15) is 11.7 Å². The quantitative estimate of drug-likeness (QED) is 0.490. The number of hydrogen-bond donors (Lipinski definition) is 1. The van der Waals surface area contributed by atoms with Crippen LogP contribution >= 0.6 is 0 Å². The highest BCUT2D eigenvalue weighted by Crippen LogP contribution is 2.45. The highest BCUT2D eigenvalue weighted by molar-refractivity contribution is 5.91. The zero-order valence-electron chi connectivity index (χ0n) is 13.5. The van der Waals surface area contributed by atoms with E-state index in [0.717, 1.165) is 24.0 Å². The van der Waals surface area contributed by atoms with Gasteiger partial charge in [0.15, 0.2) is 0 Å². The zero-order chi connectivity index (χ0) is 16.5. The number of carbonyl (C=O) groups is 2. The minimum Gasteiger partial charge on any atom is -0.466 e. The van der Waals surface area contributed by atoms with E-state index >= 15 is 0 Å². The third-order valence-electron chi connectivity index (χ3n) is 4.70. The second-order valence-corrected chi connectivity index (χ2v) is 6.21. The number of allylic oxidation sites excluding steroid dienone is 1. The Balaban J connectivity index is 2.22. The first-order valence-corrected chi connectivity index (χ1v) is 7.75. The van der Waals surface area contributed by atoms with E-state index in [0.29, 0.717) is 18.6 Å². The van der Waals surface area contributed by atoms with Crippen molar-refractivity contribution in [3.8, 4) is 0 Å². The predicted molar refractivity (Wildman–Crippen MR) is 80.9 cm³/mol. The van der Waals surface area contributed by atoms with Crippen LogP contribution in [0.3, 0.4) is 0 Å². The number of rotatable bonds is 4. The molecule has 1 N–H and O–H groups in total. The molecule has 2 aliphatic rings. The van der Waals surface area contributed by atoms with Gasteiger partial charge in [0.25, 0.3) is 0 Å². The standard InChI is InChI=1S/C17H24O5/c1-5-21-14(18)9-8-13-10(2)6-7-12-11(3)16(19)22-15(12)17(13,4)20/h12,15,20H,3,5-9H2,1-2,4H3. The third-order valence-corrected chi connectivity index (χ3v) is 4.70. The summed E-state index contributed by atoms with van der Waals surface area (Å²) in [6, 6.07) is 0. The number of fused-ring (bicyclic) bond motifs is 1. The molecule has 0 radical (unpaired) electrons. The number of hydrogen-bond acceptors (Lipinski definition) is 5. The number of ether oxygens (including phenoxy) is 2. The number of esters is 2. The molecule has 5 heteroatoms.